The Balaban J connectivity index is 1.85. The van der Waals surface area contributed by atoms with E-state index < -0.39 is 0 Å². The van der Waals surface area contributed by atoms with Gasteiger partial charge in [0.2, 0.25) is 5.91 Å². The number of hydrogen-bond acceptors (Lipinski definition) is 5. The van der Waals surface area contributed by atoms with E-state index in [4.69, 9.17) is 26.1 Å². The van der Waals surface area contributed by atoms with Crippen LogP contribution in [0.1, 0.15) is 12.0 Å². The molecule has 1 amide bonds. The minimum Gasteiger partial charge on any atom is -0.496 e. The first-order chi connectivity index (χ1) is 15.5. The van der Waals surface area contributed by atoms with Crippen LogP contribution in [0.5, 0.6) is 5.75 Å². The lowest BCUT2D eigenvalue weighted by Gasteiger charge is -2.11. The first kappa shape index (κ1) is 24.0. The molecular weight excluding hydrogens is 453 g/mol. The van der Waals surface area contributed by atoms with Crippen molar-refractivity contribution in [3.05, 3.63) is 69.0 Å². The van der Waals surface area contributed by atoms with Crippen LogP contribution in [0.25, 0.3) is 11.3 Å². The van der Waals surface area contributed by atoms with Crippen molar-refractivity contribution < 1.29 is 18.7 Å². The molecule has 0 saturated heterocycles. The summed E-state index contributed by atoms with van der Waals surface area (Å²) in [4.78, 5) is 17.2. The number of benzene rings is 2. The van der Waals surface area contributed by atoms with Gasteiger partial charge < -0.3 is 19.4 Å². The number of carbonyl (C=O) groups excluding carboxylic acids is 1. The van der Waals surface area contributed by atoms with Crippen molar-refractivity contribution in [3.63, 3.8) is 0 Å². The Bertz CT molecular complexity index is 1110. The topological polar surface area (TPSA) is 64.8 Å². The van der Waals surface area contributed by atoms with Crippen LogP contribution in [-0.2, 0) is 22.6 Å². The third-order valence-electron chi connectivity index (χ3n) is 4.73. The Hall–Kier alpha value is -2.68. The summed E-state index contributed by atoms with van der Waals surface area (Å²) < 4.78 is 25.7. The molecule has 0 aliphatic rings. The summed E-state index contributed by atoms with van der Waals surface area (Å²) in [5, 5.41) is 5.44. The molecule has 6 nitrogen and oxygen atoms in total. The van der Waals surface area contributed by atoms with E-state index in [2.05, 4.69) is 9.88 Å². The van der Waals surface area contributed by atoms with E-state index in [1.165, 1.54) is 30.6 Å². The lowest BCUT2D eigenvalue weighted by molar-refractivity contribution is -0.124. The SMILES string of the molecule is COCC(=O)NCCCn1c(-c2ccc(F)cc2)cs/c1=N\Cc1ccc(Cl)cc1OC. The molecule has 0 aliphatic carbocycles. The van der Waals surface area contributed by atoms with Crippen LogP contribution in [0.3, 0.4) is 0 Å². The molecule has 0 bridgehead atoms. The monoisotopic (exact) mass is 477 g/mol. The highest BCUT2D eigenvalue weighted by Gasteiger charge is 2.10. The zero-order chi connectivity index (χ0) is 22.9. The minimum absolute atomic E-state index is 0.0376. The van der Waals surface area contributed by atoms with Crippen molar-refractivity contribution in [2.45, 2.75) is 19.5 Å². The number of nitrogens with zero attached hydrogens (tertiary/aromatic N) is 2. The first-order valence-corrected chi connectivity index (χ1v) is 11.3. The van der Waals surface area contributed by atoms with Crippen LogP contribution in [0.15, 0.2) is 52.8 Å². The van der Waals surface area contributed by atoms with Crippen LogP contribution in [0.4, 0.5) is 4.39 Å². The highest BCUT2D eigenvalue weighted by Crippen LogP contribution is 2.24. The van der Waals surface area contributed by atoms with Gasteiger partial charge in [-0.3, -0.25) is 9.79 Å². The second-order valence-electron chi connectivity index (χ2n) is 6.97. The molecule has 2 aromatic carbocycles. The van der Waals surface area contributed by atoms with Gasteiger partial charge in [0, 0.05) is 36.2 Å². The number of carbonyl (C=O) groups is 1. The fraction of sp³-hybridized carbons (Fsp3) is 0.304. The molecule has 32 heavy (non-hydrogen) atoms. The Morgan fingerprint density at radius 1 is 1.22 bits per heavy atom. The van der Waals surface area contributed by atoms with Gasteiger partial charge >= 0.3 is 0 Å². The Morgan fingerprint density at radius 3 is 2.72 bits per heavy atom. The van der Waals surface area contributed by atoms with E-state index in [-0.39, 0.29) is 18.3 Å². The lowest BCUT2D eigenvalue weighted by atomic mass is 10.1. The summed E-state index contributed by atoms with van der Waals surface area (Å²) in [6, 6.07) is 11.9. The molecule has 170 valence electrons. The summed E-state index contributed by atoms with van der Waals surface area (Å²) in [5.41, 5.74) is 2.77. The number of nitrogens with one attached hydrogen (secondary N) is 1. The van der Waals surface area contributed by atoms with Crippen LogP contribution < -0.4 is 14.9 Å². The quantitative estimate of drug-likeness (QED) is 0.443. The van der Waals surface area contributed by atoms with Crippen molar-refractivity contribution in [2.24, 2.45) is 4.99 Å². The molecule has 3 aromatic rings. The average Bonchev–Trinajstić information content (AvgIpc) is 3.19. The average molecular weight is 478 g/mol. The van der Waals surface area contributed by atoms with E-state index in [0.29, 0.717) is 36.8 Å². The highest BCUT2D eigenvalue weighted by atomic mass is 35.5. The van der Waals surface area contributed by atoms with Crippen LogP contribution in [-0.4, -0.2) is 37.8 Å². The number of ether oxygens (including phenoxy) is 2. The molecule has 1 heterocycles. The maximum atomic E-state index is 13.4. The summed E-state index contributed by atoms with van der Waals surface area (Å²) in [5.74, 6) is 0.251. The summed E-state index contributed by atoms with van der Waals surface area (Å²) in [6.07, 6.45) is 0.706. The van der Waals surface area contributed by atoms with Crippen molar-refractivity contribution in [1.82, 2.24) is 9.88 Å². The maximum Gasteiger partial charge on any atom is 0.245 e. The normalized spacial score (nSPS) is 11.6. The third-order valence-corrected chi connectivity index (χ3v) is 5.86. The van der Waals surface area contributed by atoms with Crippen LogP contribution >= 0.6 is 22.9 Å². The zero-order valence-corrected chi connectivity index (χ0v) is 19.5. The molecule has 0 saturated carbocycles. The van der Waals surface area contributed by atoms with Gasteiger partial charge in [0.1, 0.15) is 18.2 Å². The van der Waals surface area contributed by atoms with Crippen LogP contribution in [0, 0.1) is 5.82 Å². The van der Waals surface area contributed by atoms with Gasteiger partial charge in [0.15, 0.2) is 4.80 Å². The lowest BCUT2D eigenvalue weighted by Crippen LogP contribution is -2.29. The predicted octanol–water partition coefficient (Wildman–Crippen LogP) is 4.27. The number of halogens is 2. The number of hydrogen-bond donors (Lipinski definition) is 1. The largest absolute Gasteiger partial charge is 0.496 e. The number of thiazole rings is 1. The molecule has 0 unspecified atom stereocenters. The molecule has 3 rings (SSSR count). The van der Waals surface area contributed by atoms with E-state index in [1.807, 2.05) is 17.5 Å². The van der Waals surface area contributed by atoms with Crippen molar-refractivity contribution in [3.8, 4) is 17.0 Å². The van der Waals surface area contributed by atoms with Gasteiger partial charge in [-0.15, -0.1) is 11.3 Å². The third kappa shape index (κ3) is 6.41. The van der Waals surface area contributed by atoms with E-state index >= 15 is 0 Å². The standard InChI is InChI=1S/C23H25ClFN3O3S/c1-30-14-22(29)26-10-3-11-28-20(16-5-8-19(25)9-6-16)15-32-23(28)27-13-17-4-7-18(24)12-21(17)31-2/h4-9,12,15H,3,10-11,13-14H2,1-2H3,(H,26,29)/b27-23-. The predicted molar refractivity (Wildman–Crippen MR) is 124 cm³/mol. The molecule has 0 radical (unpaired) electrons. The van der Waals surface area contributed by atoms with Crippen LogP contribution in [0.2, 0.25) is 5.02 Å². The minimum atomic E-state index is -0.281. The van der Waals surface area contributed by atoms with Crippen molar-refractivity contribution >= 4 is 28.8 Å². The molecule has 1 aromatic heterocycles. The smallest absolute Gasteiger partial charge is 0.245 e. The summed E-state index contributed by atoms with van der Waals surface area (Å²) in [6.45, 7) is 1.61. The molecule has 0 aliphatic heterocycles. The van der Waals surface area contributed by atoms with Gasteiger partial charge in [-0.05, 0) is 48.4 Å². The number of methoxy groups -OCH3 is 2. The molecule has 0 spiro atoms. The fourth-order valence-corrected chi connectivity index (χ4v) is 4.27. The number of aromatic nitrogens is 1. The Kier molecular flexibility index (Phi) is 8.84. The van der Waals surface area contributed by atoms with Crippen molar-refractivity contribution in [1.29, 1.82) is 0 Å². The van der Waals surface area contributed by atoms with Gasteiger partial charge in [-0.25, -0.2) is 4.39 Å². The van der Waals surface area contributed by atoms with E-state index in [9.17, 15) is 9.18 Å². The molecule has 0 atom stereocenters. The second kappa shape index (κ2) is 11.8. The first-order valence-electron chi connectivity index (χ1n) is 10.0. The Labute approximate surface area is 195 Å². The van der Waals surface area contributed by atoms with Gasteiger partial charge in [0.25, 0.3) is 0 Å². The highest BCUT2D eigenvalue weighted by molar-refractivity contribution is 7.07. The van der Waals surface area contributed by atoms with Gasteiger partial charge in [0.05, 0.1) is 19.3 Å². The number of amides is 1. The molecular formula is C23H25ClFN3O3S. The zero-order valence-electron chi connectivity index (χ0n) is 17.9. The molecule has 9 heteroatoms. The summed E-state index contributed by atoms with van der Waals surface area (Å²) >= 11 is 7.57. The van der Waals surface area contributed by atoms with Gasteiger partial charge in [-0.2, -0.15) is 0 Å². The Morgan fingerprint density at radius 2 is 2.00 bits per heavy atom. The van der Waals surface area contributed by atoms with E-state index in [0.717, 1.165) is 21.6 Å². The molecule has 1 N–H and O–H groups in total. The second-order valence-corrected chi connectivity index (χ2v) is 8.24. The van der Waals surface area contributed by atoms with Gasteiger partial charge in [-0.1, -0.05) is 17.7 Å². The molecule has 0 fully saturated rings. The maximum absolute atomic E-state index is 13.4. The number of rotatable bonds is 10. The van der Waals surface area contributed by atoms with Crippen molar-refractivity contribution in [2.75, 3.05) is 27.4 Å². The fourth-order valence-electron chi connectivity index (χ4n) is 3.17. The summed E-state index contributed by atoms with van der Waals surface area (Å²) in [7, 11) is 3.09. The van der Waals surface area contributed by atoms with E-state index in [1.54, 1.807) is 25.3 Å².